The van der Waals surface area contributed by atoms with Gasteiger partial charge in [0.25, 0.3) is 5.91 Å². The number of benzene rings is 3. The van der Waals surface area contributed by atoms with E-state index in [1.807, 2.05) is 72.8 Å². The Labute approximate surface area is 179 Å². The first kappa shape index (κ1) is 18.8. The second-order valence-corrected chi connectivity index (χ2v) is 7.27. The van der Waals surface area contributed by atoms with Gasteiger partial charge in [-0.3, -0.25) is 9.89 Å². The molecule has 0 fully saturated rings. The summed E-state index contributed by atoms with van der Waals surface area (Å²) in [5, 5.41) is 11.4. The van der Waals surface area contributed by atoms with Crippen molar-refractivity contribution >= 4 is 12.1 Å². The molecule has 6 heteroatoms. The minimum absolute atomic E-state index is 0.305. The molecule has 0 saturated heterocycles. The van der Waals surface area contributed by atoms with E-state index < -0.39 is 0 Å². The van der Waals surface area contributed by atoms with Crippen LogP contribution < -0.4 is 10.2 Å². The van der Waals surface area contributed by atoms with Crippen LogP contribution in [-0.2, 0) is 12.8 Å². The molecule has 0 atom stereocenters. The number of ether oxygens (including phenoxy) is 1. The molecule has 31 heavy (non-hydrogen) atoms. The number of carbonyl (C=O) groups excluding carboxylic acids is 1. The van der Waals surface area contributed by atoms with Crippen molar-refractivity contribution < 1.29 is 9.53 Å². The molecule has 2 N–H and O–H groups in total. The van der Waals surface area contributed by atoms with Crippen LogP contribution in [0.4, 0.5) is 0 Å². The largest absolute Gasteiger partial charge is 0.457 e. The minimum Gasteiger partial charge on any atom is -0.457 e. The zero-order valence-electron chi connectivity index (χ0n) is 16.7. The number of hydrazone groups is 1. The Bertz CT molecular complexity index is 1260. The zero-order valence-corrected chi connectivity index (χ0v) is 16.7. The van der Waals surface area contributed by atoms with Crippen LogP contribution in [0.3, 0.4) is 0 Å². The van der Waals surface area contributed by atoms with Gasteiger partial charge in [-0.2, -0.15) is 10.2 Å². The average molecular weight is 408 g/mol. The molecular weight excluding hydrogens is 388 g/mol. The molecular formula is C25H20N4O2. The molecule has 1 aliphatic rings. The van der Waals surface area contributed by atoms with E-state index in [0.29, 0.717) is 11.4 Å². The Morgan fingerprint density at radius 2 is 1.77 bits per heavy atom. The number of amides is 1. The highest BCUT2D eigenvalue weighted by molar-refractivity contribution is 5.96. The summed E-state index contributed by atoms with van der Waals surface area (Å²) in [6.45, 7) is 0. The zero-order chi connectivity index (χ0) is 21.0. The molecule has 0 bridgehead atoms. The number of H-pyrrole nitrogens is 1. The normalized spacial score (nSPS) is 12.3. The number of aryl methyl sites for hydroxylation is 1. The lowest BCUT2D eigenvalue weighted by molar-refractivity contribution is 0.0949. The van der Waals surface area contributed by atoms with Crippen LogP contribution in [0, 0.1) is 0 Å². The molecule has 1 heterocycles. The third-order valence-electron chi connectivity index (χ3n) is 5.23. The second-order valence-electron chi connectivity index (χ2n) is 7.27. The van der Waals surface area contributed by atoms with Crippen LogP contribution in [0.15, 0.2) is 84.0 Å². The summed E-state index contributed by atoms with van der Waals surface area (Å²) in [5.41, 5.74) is 7.99. The van der Waals surface area contributed by atoms with Gasteiger partial charge in [-0.15, -0.1) is 0 Å². The third kappa shape index (κ3) is 3.96. The van der Waals surface area contributed by atoms with Crippen molar-refractivity contribution in [2.24, 2.45) is 5.10 Å². The Morgan fingerprint density at radius 1 is 0.968 bits per heavy atom. The number of aromatic nitrogens is 2. The predicted octanol–water partition coefficient (Wildman–Crippen LogP) is 4.73. The number of fused-ring (bicyclic) bond motifs is 3. The SMILES string of the molecule is O=C(N/N=C\c1cccc(Oc2ccccc2)c1)c1[nH]nc2c1CCc1ccccc1-2. The maximum atomic E-state index is 12.7. The summed E-state index contributed by atoms with van der Waals surface area (Å²) < 4.78 is 5.83. The lowest BCUT2D eigenvalue weighted by Crippen LogP contribution is -2.20. The summed E-state index contributed by atoms with van der Waals surface area (Å²) in [4.78, 5) is 12.7. The van der Waals surface area contributed by atoms with Crippen molar-refractivity contribution in [3.63, 3.8) is 0 Å². The quantitative estimate of drug-likeness (QED) is 0.370. The maximum Gasteiger partial charge on any atom is 0.289 e. The van der Waals surface area contributed by atoms with Crippen LogP contribution in [0.25, 0.3) is 11.3 Å². The monoisotopic (exact) mass is 408 g/mol. The summed E-state index contributed by atoms with van der Waals surface area (Å²) in [6, 6.07) is 25.2. The Balaban J connectivity index is 1.28. The van der Waals surface area contributed by atoms with Crippen molar-refractivity contribution in [3.05, 3.63) is 101 Å². The molecule has 0 unspecified atom stereocenters. The molecule has 0 spiro atoms. The van der Waals surface area contributed by atoms with Gasteiger partial charge in [-0.1, -0.05) is 54.6 Å². The van der Waals surface area contributed by atoms with Gasteiger partial charge in [-0.25, -0.2) is 5.43 Å². The summed E-state index contributed by atoms with van der Waals surface area (Å²) in [5.74, 6) is 1.15. The number of hydrogen-bond acceptors (Lipinski definition) is 4. The number of carbonyl (C=O) groups is 1. The predicted molar refractivity (Wildman–Crippen MR) is 119 cm³/mol. The molecule has 1 amide bonds. The van der Waals surface area contributed by atoms with Crippen LogP contribution in [0.1, 0.15) is 27.2 Å². The first-order valence-electron chi connectivity index (χ1n) is 10.1. The molecule has 0 radical (unpaired) electrons. The van der Waals surface area contributed by atoms with E-state index in [4.69, 9.17) is 4.74 Å². The molecule has 1 aliphatic carbocycles. The van der Waals surface area contributed by atoms with Gasteiger partial charge >= 0.3 is 0 Å². The van der Waals surface area contributed by atoms with E-state index in [-0.39, 0.29) is 5.91 Å². The number of hydrogen-bond donors (Lipinski definition) is 2. The fourth-order valence-corrected chi connectivity index (χ4v) is 3.75. The van der Waals surface area contributed by atoms with Crippen molar-refractivity contribution in [2.45, 2.75) is 12.8 Å². The number of para-hydroxylation sites is 1. The van der Waals surface area contributed by atoms with E-state index in [2.05, 4.69) is 26.8 Å². The lowest BCUT2D eigenvalue weighted by Gasteiger charge is -2.15. The Kier molecular flexibility index (Phi) is 5.02. The molecule has 0 saturated carbocycles. The highest BCUT2D eigenvalue weighted by Crippen LogP contribution is 2.33. The molecule has 3 aromatic carbocycles. The van der Waals surface area contributed by atoms with Gasteiger partial charge in [0.1, 0.15) is 17.2 Å². The molecule has 0 aliphatic heterocycles. The third-order valence-corrected chi connectivity index (χ3v) is 5.23. The first-order valence-corrected chi connectivity index (χ1v) is 10.1. The number of rotatable bonds is 5. The van der Waals surface area contributed by atoms with Crippen molar-refractivity contribution in [1.29, 1.82) is 0 Å². The molecule has 1 aromatic heterocycles. The van der Waals surface area contributed by atoms with Gasteiger partial charge in [-0.05, 0) is 48.2 Å². The first-order chi connectivity index (χ1) is 15.3. The van der Waals surface area contributed by atoms with Gasteiger partial charge < -0.3 is 4.74 Å². The number of aromatic amines is 1. The van der Waals surface area contributed by atoms with E-state index in [9.17, 15) is 4.79 Å². The van der Waals surface area contributed by atoms with Gasteiger partial charge in [0.15, 0.2) is 0 Å². The fraction of sp³-hybridized carbons (Fsp3) is 0.0800. The smallest absolute Gasteiger partial charge is 0.289 e. The van der Waals surface area contributed by atoms with E-state index in [0.717, 1.165) is 41.0 Å². The summed E-state index contributed by atoms with van der Waals surface area (Å²) in [6.07, 6.45) is 3.25. The highest BCUT2D eigenvalue weighted by Gasteiger charge is 2.24. The van der Waals surface area contributed by atoms with Crippen LogP contribution in [0.5, 0.6) is 11.5 Å². The van der Waals surface area contributed by atoms with E-state index >= 15 is 0 Å². The van der Waals surface area contributed by atoms with Crippen LogP contribution in [-0.4, -0.2) is 22.3 Å². The Morgan fingerprint density at radius 3 is 2.68 bits per heavy atom. The van der Waals surface area contributed by atoms with Gasteiger partial charge in [0, 0.05) is 11.1 Å². The Hall–Kier alpha value is -4.19. The van der Waals surface area contributed by atoms with Gasteiger partial charge in [0.2, 0.25) is 0 Å². The van der Waals surface area contributed by atoms with Crippen molar-refractivity contribution in [2.75, 3.05) is 0 Å². The van der Waals surface area contributed by atoms with Crippen molar-refractivity contribution in [1.82, 2.24) is 15.6 Å². The topological polar surface area (TPSA) is 79.4 Å². The standard InChI is InChI=1S/C25H20N4O2/c30-25(24-22-14-13-18-8-4-5-12-21(18)23(22)27-28-24)29-26-16-17-7-6-11-20(15-17)31-19-9-2-1-3-10-19/h1-12,15-16H,13-14H2,(H,27,28)(H,29,30)/b26-16-. The molecule has 5 rings (SSSR count). The number of nitrogens with zero attached hydrogens (tertiary/aromatic N) is 2. The second kappa shape index (κ2) is 8.28. The van der Waals surface area contributed by atoms with Crippen LogP contribution in [0.2, 0.25) is 0 Å². The molecule has 4 aromatic rings. The molecule has 152 valence electrons. The minimum atomic E-state index is -0.305. The summed E-state index contributed by atoms with van der Waals surface area (Å²) >= 11 is 0. The number of nitrogens with one attached hydrogen (secondary N) is 2. The van der Waals surface area contributed by atoms with E-state index in [1.54, 1.807) is 6.21 Å². The average Bonchev–Trinajstić information content (AvgIpc) is 3.25. The van der Waals surface area contributed by atoms with Crippen LogP contribution >= 0.6 is 0 Å². The molecule has 6 nitrogen and oxygen atoms in total. The maximum absolute atomic E-state index is 12.7. The fourth-order valence-electron chi connectivity index (χ4n) is 3.75. The van der Waals surface area contributed by atoms with Crippen molar-refractivity contribution in [3.8, 4) is 22.8 Å². The van der Waals surface area contributed by atoms with E-state index in [1.165, 1.54) is 5.56 Å². The lowest BCUT2D eigenvalue weighted by atomic mass is 9.89. The summed E-state index contributed by atoms with van der Waals surface area (Å²) in [7, 11) is 0. The van der Waals surface area contributed by atoms with Gasteiger partial charge in [0.05, 0.1) is 11.9 Å². The highest BCUT2D eigenvalue weighted by atomic mass is 16.5.